The molecule has 0 amide bonds. The Labute approximate surface area is 82.7 Å². The van der Waals surface area contributed by atoms with Crippen molar-refractivity contribution in [1.29, 1.82) is 0 Å². The quantitative estimate of drug-likeness (QED) is 0.701. The molecule has 0 aromatic rings. The third-order valence-electron chi connectivity index (χ3n) is 3.20. The minimum absolute atomic E-state index is 0.709. The summed E-state index contributed by atoms with van der Waals surface area (Å²) in [5.41, 5.74) is 0. The van der Waals surface area contributed by atoms with Crippen LogP contribution in [0.15, 0.2) is 0 Å². The van der Waals surface area contributed by atoms with Gasteiger partial charge in [0.15, 0.2) is 0 Å². The first-order valence-corrected chi connectivity index (χ1v) is 5.63. The van der Waals surface area contributed by atoms with Gasteiger partial charge in [0.1, 0.15) is 0 Å². The molecule has 78 valence electrons. The van der Waals surface area contributed by atoms with Gasteiger partial charge in [-0.3, -0.25) is 0 Å². The van der Waals surface area contributed by atoms with Crippen LogP contribution in [0.5, 0.6) is 0 Å². The zero-order valence-corrected chi connectivity index (χ0v) is 9.34. The molecule has 1 rings (SSSR count). The molecule has 1 N–H and O–H groups in total. The molecule has 2 heteroatoms. The van der Waals surface area contributed by atoms with Crippen LogP contribution in [-0.2, 0) is 0 Å². The number of hydrogen-bond donors (Lipinski definition) is 1. The van der Waals surface area contributed by atoms with Gasteiger partial charge in [0, 0.05) is 18.6 Å². The number of likely N-dealkylation sites (N-methyl/N-ethyl adjacent to an activating group) is 1. The molecular weight excluding hydrogens is 160 g/mol. The summed E-state index contributed by atoms with van der Waals surface area (Å²) in [7, 11) is 4.34. The fourth-order valence-electron chi connectivity index (χ4n) is 2.12. The van der Waals surface area contributed by atoms with Gasteiger partial charge in [-0.1, -0.05) is 19.8 Å². The first-order valence-electron chi connectivity index (χ1n) is 5.63. The molecule has 2 nitrogen and oxygen atoms in total. The van der Waals surface area contributed by atoms with Gasteiger partial charge in [-0.05, 0) is 33.4 Å². The first kappa shape index (κ1) is 11.0. The second-order valence-corrected chi connectivity index (χ2v) is 4.42. The second-order valence-electron chi connectivity index (χ2n) is 4.42. The predicted molar refractivity (Wildman–Crippen MR) is 58.0 cm³/mol. The summed E-state index contributed by atoms with van der Waals surface area (Å²) in [6.07, 6.45) is 6.88. The van der Waals surface area contributed by atoms with Gasteiger partial charge in [-0.2, -0.15) is 0 Å². The fourth-order valence-corrected chi connectivity index (χ4v) is 2.12. The van der Waals surface area contributed by atoms with Gasteiger partial charge < -0.3 is 10.2 Å². The largest absolute Gasteiger partial charge is 0.312 e. The van der Waals surface area contributed by atoms with E-state index in [0.29, 0.717) is 6.04 Å². The standard InChI is InChI=1S/C11H24N2/c1-4-11(13(2)3)9-12-10-7-5-6-8-10/h10-12H,4-9H2,1-3H3. The minimum Gasteiger partial charge on any atom is -0.312 e. The van der Waals surface area contributed by atoms with Crippen molar-refractivity contribution in [2.75, 3.05) is 20.6 Å². The first-order chi connectivity index (χ1) is 6.24. The average molecular weight is 184 g/mol. The summed E-state index contributed by atoms with van der Waals surface area (Å²) in [5.74, 6) is 0. The highest BCUT2D eigenvalue weighted by atomic mass is 15.1. The predicted octanol–water partition coefficient (Wildman–Crippen LogP) is 1.86. The SMILES string of the molecule is CCC(CNC1CCCC1)N(C)C. The molecule has 0 aromatic carbocycles. The molecule has 13 heavy (non-hydrogen) atoms. The van der Waals surface area contributed by atoms with E-state index in [9.17, 15) is 0 Å². The zero-order chi connectivity index (χ0) is 9.68. The van der Waals surface area contributed by atoms with Crippen molar-refractivity contribution < 1.29 is 0 Å². The summed E-state index contributed by atoms with van der Waals surface area (Å²) in [4.78, 5) is 2.32. The van der Waals surface area contributed by atoms with Gasteiger partial charge in [0.05, 0.1) is 0 Å². The number of nitrogens with one attached hydrogen (secondary N) is 1. The van der Waals surface area contributed by atoms with E-state index in [1.54, 1.807) is 0 Å². The summed E-state index contributed by atoms with van der Waals surface area (Å²) in [6, 6.07) is 1.52. The Morgan fingerprint density at radius 3 is 2.38 bits per heavy atom. The normalized spacial score (nSPS) is 21.2. The van der Waals surface area contributed by atoms with Crippen LogP contribution < -0.4 is 5.32 Å². The van der Waals surface area contributed by atoms with Crippen molar-refractivity contribution in [3.8, 4) is 0 Å². The van der Waals surface area contributed by atoms with Crippen molar-refractivity contribution in [2.24, 2.45) is 0 Å². The van der Waals surface area contributed by atoms with Crippen molar-refractivity contribution in [1.82, 2.24) is 10.2 Å². The fraction of sp³-hybridized carbons (Fsp3) is 1.00. The lowest BCUT2D eigenvalue weighted by Gasteiger charge is -2.25. The number of rotatable bonds is 5. The molecular formula is C11H24N2. The Hall–Kier alpha value is -0.0800. The Morgan fingerprint density at radius 2 is 1.92 bits per heavy atom. The Bertz CT molecular complexity index is 128. The summed E-state index contributed by atoms with van der Waals surface area (Å²) in [6.45, 7) is 3.43. The van der Waals surface area contributed by atoms with E-state index in [2.05, 4.69) is 31.2 Å². The maximum Gasteiger partial charge on any atom is 0.0212 e. The molecule has 0 radical (unpaired) electrons. The molecule has 1 fully saturated rings. The van der Waals surface area contributed by atoms with E-state index < -0.39 is 0 Å². The van der Waals surface area contributed by atoms with Crippen LogP contribution in [-0.4, -0.2) is 37.6 Å². The van der Waals surface area contributed by atoms with Gasteiger partial charge >= 0.3 is 0 Å². The zero-order valence-electron chi connectivity index (χ0n) is 9.34. The molecule has 0 saturated heterocycles. The highest BCUT2D eigenvalue weighted by molar-refractivity contribution is 4.76. The van der Waals surface area contributed by atoms with E-state index in [-0.39, 0.29) is 0 Å². The number of hydrogen-bond acceptors (Lipinski definition) is 2. The summed E-state index contributed by atoms with van der Waals surface area (Å²) >= 11 is 0. The van der Waals surface area contributed by atoms with E-state index in [1.165, 1.54) is 32.1 Å². The van der Waals surface area contributed by atoms with Crippen LogP contribution in [0.1, 0.15) is 39.0 Å². The van der Waals surface area contributed by atoms with Crippen LogP contribution in [0.2, 0.25) is 0 Å². The van der Waals surface area contributed by atoms with Crippen LogP contribution in [0.3, 0.4) is 0 Å². The minimum atomic E-state index is 0.709. The van der Waals surface area contributed by atoms with E-state index in [0.717, 1.165) is 12.6 Å². The van der Waals surface area contributed by atoms with Crippen molar-refractivity contribution >= 4 is 0 Å². The van der Waals surface area contributed by atoms with Gasteiger partial charge in [0.2, 0.25) is 0 Å². The van der Waals surface area contributed by atoms with Crippen LogP contribution in [0.25, 0.3) is 0 Å². The highest BCUT2D eigenvalue weighted by Gasteiger charge is 2.16. The van der Waals surface area contributed by atoms with Gasteiger partial charge in [0.25, 0.3) is 0 Å². The van der Waals surface area contributed by atoms with Crippen molar-refractivity contribution in [3.05, 3.63) is 0 Å². The van der Waals surface area contributed by atoms with Crippen LogP contribution in [0.4, 0.5) is 0 Å². The lowest BCUT2D eigenvalue weighted by Crippen LogP contribution is -2.40. The molecule has 1 saturated carbocycles. The summed E-state index contributed by atoms with van der Waals surface area (Å²) in [5, 5.41) is 3.67. The number of nitrogens with zero attached hydrogens (tertiary/aromatic N) is 1. The van der Waals surface area contributed by atoms with Gasteiger partial charge in [-0.15, -0.1) is 0 Å². The highest BCUT2D eigenvalue weighted by Crippen LogP contribution is 2.17. The molecule has 0 aromatic heterocycles. The lowest BCUT2D eigenvalue weighted by atomic mass is 10.2. The smallest absolute Gasteiger partial charge is 0.0212 e. The third kappa shape index (κ3) is 3.65. The molecule has 1 aliphatic carbocycles. The van der Waals surface area contributed by atoms with Gasteiger partial charge in [-0.25, -0.2) is 0 Å². The second kappa shape index (κ2) is 5.61. The lowest BCUT2D eigenvalue weighted by molar-refractivity contribution is 0.268. The Kier molecular flexibility index (Phi) is 4.74. The molecule has 1 unspecified atom stereocenters. The molecule has 0 heterocycles. The van der Waals surface area contributed by atoms with E-state index >= 15 is 0 Å². The van der Waals surface area contributed by atoms with E-state index in [1.807, 2.05) is 0 Å². The average Bonchev–Trinajstić information content (AvgIpc) is 2.57. The Balaban J connectivity index is 2.15. The maximum absolute atomic E-state index is 3.67. The molecule has 0 bridgehead atoms. The topological polar surface area (TPSA) is 15.3 Å². The van der Waals surface area contributed by atoms with Crippen LogP contribution in [0, 0.1) is 0 Å². The molecule has 1 aliphatic rings. The molecule has 0 aliphatic heterocycles. The summed E-state index contributed by atoms with van der Waals surface area (Å²) < 4.78 is 0. The van der Waals surface area contributed by atoms with Crippen molar-refractivity contribution in [2.45, 2.75) is 51.1 Å². The van der Waals surface area contributed by atoms with E-state index in [4.69, 9.17) is 0 Å². The molecule has 0 spiro atoms. The monoisotopic (exact) mass is 184 g/mol. The molecule has 1 atom stereocenters. The van der Waals surface area contributed by atoms with Crippen LogP contribution >= 0.6 is 0 Å². The maximum atomic E-state index is 3.67. The van der Waals surface area contributed by atoms with Crippen molar-refractivity contribution in [3.63, 3.8) is 0 Å². The Morgan fingerprint density at radius 1 is 1.31 bits per heavy atom. The third-order valence-corrected chi connectivity index (χ3v) is 3.20.